The lowest BCUT2D eigenvalue weighted by Gasteiger charge is -2.22. The Balaban J connectivity index is 1.47. The summed E-state index contributed by atoms with van der Waals surface area (Å²) in [5, 5.41) is 17.7. The summed E-state index contributed by atoms with van der Waals surface area (Å²) in [7, 11) is 0. The first-order valence-corrected chi connectivity index (χ1v) is 11.4. The number of nitrogens with one attached hydrogen (secondary N) is 2. The summed E-state index contributed by atoms with van der Waals surface area (Å²) in [5.41, 5.74) is 3.26. The van der Waals surface area contributed by atoms with Crippen molar-refractivity contribution in [1.29, 1.82) is 0 Å². The summed E-state index contributed by atoms with van der Waals surface area (Å²) in [6, 6.07) is 11.1. The molecule has 1 aliphatic carbocycles. The van der Waals surface area contributed by atoms with Gasteiger partial charge in [-0.25, -0.2) is 10.2 Å². The number of nitrogens with zero attached hydrogens (tertiary/aromatic N) is 2. The number of rotatable bonds is 11. The number of hydrogen-bond donors (Lipinski definition) is 2. The van der Waals surface area contributed by atoms with Crippen LogP contribution < -0.4 is 25.0 Å². The number of benzene rings is 2. The lowest BCUT2D eigenvalue weighted by atomic mass is 9.96. The molecule has 0 aromatic heterocycles. The number of ether oxygens (including phenoxy) is 3. The molecule has 182 valence electrons. The van der Waals surface area contributed by atoms with Crippen LogP contribution in [0.25, 0.3) is 0 Å². The van der Waals surface area contributed by atoms with Gasteiger partial charge in [-0.05, 0) is 55.7 Å². The van der Waals surface area contributed by atoms with Gasteiger partial charge in [-0.3, -0.25) is 10.1 Å². The van der Waals surface area contributed by atoms with Gasteiger partial charge in [-0.1, -0.05) is 19.3 Å². The summed E-state index contributed by atoms with van der Waals surface area (Å²) in [6.07, 6.45) is 7.08. The van der Waals surface area contributed by atoms with Crippen molar-refractivity contribution in [3.8, 4) is 17.2 Å². The maximum absolute atomic E-state index is 12.0. The molecule has 2 N–H and O–H groups in total. The highest BCUT2D eigenvalue weighted by atomic mass is 16.6. The second kappa shape index (κ2) is 13.0. The summed E-state index contributed by atoms with van der Waals surface area (Å²) >= 11 is 0. The normalized spacial score (nSPS) is 13.9. The number of hydrazone groups is 1. The number of carbonyl (C=O) groups is 1. The van der Waals surface area contributed by atoms with E-state index in [0.717, 1.165) is 31.2 Å². The molecular weight excluding hydrogens is 440 g/mol. The Morgan fingerprint density at radius 2 is 1.79 bits per heavy atom. The van der Waals surface area contributed by atoms with E-state index in [9.17, 15) is 14.9 Å². The lowest BCUT2D eigenvalue weighted by Crippen LogP contribution is -2.41. The van der Waals surface area contributed by atoms with E-state index in [2.05, 4.69) is 15.8 Å². The standard InChI is InChI=1S/C24H30N4O6/c1-2-32-23-16-18(17-25-27-24(29)26-19-6-4-3-5-7-19)8-13-22(23)34-15-14-33-21-11-9-20(10-12-21)28(30)31/h8-13,16-17,19H,2-7,14-15H2,1H3,(H2,26,27,29). The van der Waals surface area contributed by atoms with Gasteiger partial charge in [0.2, 0.25) is 0 Å². The van der Waals surface area contributed by atoms with Crippen molar-refractivity contribution in [2.75, 3.05) is 19.8 Å². The van der Waals surface area contributed by atoms with Crippen LogP contribution in [0.1, 0.15) is 44.6 Å². The monoisotopic (exact) mass is 470 g/mol. The highest BCUT2D eigenvalue weighted by Gasteiger charge is 2.15. The first kappa shape index (κ1) is 24.8. The number of nitro benzene ring substituents is 1. The fraction of sp³-hybridized carbons (Fsp3) is 0.417. The fourth-order valence-corrected chi connectivity index (χ4v) is 3.60. The van der Waals surface area contributed by atoms with Gasteiger partial charge in [0.05, 0.1) is 17.7 Å². The van der Waals surface area contributed by atoms with E-state index < -0.39 is 4.92 Å². The maximum atomic E-state index is 12.0. The van der Waals surface area contributed by atoms with Crippen LogP contribution in [-0.4, -0.2) is 43.0 Å². The summed E-state index contributed by atoms with van der Waals surface area (Å²) in [5.74, 6) is 1.62. The Morgan fingerprint density at radius 1 is 1.06 bits per heavy atom. The number of hydrogen-bond acceptors (Lipinski definition) is 7. The fourth-order valence-electron chi connectivity index (χ4n) is 3.60. The number of urea groups is 1. The van der Waals surface area contributed by atoms with Crippen LogP contribution in [-0.2, 0) is 0 Å². The maximum Gasteiger partial charge on any atom is 0.335 e. The molecule has 0 unspecified atom stereocenters. The number of nitro groups is 1. The molecule has 34 heavy (non-hydrogen) atoms. The molecule has 0 saturated heterocycles. The molecule has 0 aliphatic heterocycles. The van der Waals surface area contributed by atoms with E-state index in [0.29, 0.717) is 23.9 Å². The molecule has 2 aromatic carbocycles. The average Bonchev–Trinajstić information content (AvgIpc) is 2.84. The molecule has 10 nitrogen and oxygen atoms in total. The van der Waals surface area contributed by atoms with E-state index >= 15 is 0 Å². The zero-order valence-electron chi connectivity index (χ0n) is 19.2. The van der Waals surface area contributed by atoms with Crippen molar-refractivity contribution in [2.24, 2.45) is 5.10 Å². The first-order chi connectivity index (χ1) is 16.5. The van der Waals surface area contributed by atoms with Crippen molar-refractivity contribution in [3.05, 3.63) is 58.1 Å². The van der Waals surface area contributed by atoms with Crippen LogP contribution >= 0.6 is 0 Å². The third kappa shape index (κ3) is 7.95. The average molecular weight is 471 g/mol. The largest absolute Gasteiger partial charge is 0.490 e. The molecule has 3 rings (SSSR count). The minimum atomic E-state index is -0.459. The second-order valence-corrected chi connectivity index (χ2v) is 7.77. The zero-order valence-corrected chi connectivity index (χ0v) is 19.2. The number of amides is 2. The molecular formula is C24H30N4O6. The minimum absolute atomic E-state index is 0.00800. The van der Waals surface area contributed by atoms with Gasteiger partial charge in [-0.15, -0.1) is 0 Å². The van der Waals surface area contributed by atoms with E-state index in [1.54, 1.807) is 36.5 Å². The van der Waals surface area contributed by atoms with Gasteiger partial charge >= 0.3 is 6.03 Å². The van der Waals surface area contributed by atoms with Crippen LogP contribution in [0.4, 0.5) is 10.5 Å². The van der Waals surface area contributed by atoms with Crippen LogP contribution in [0.15, 0.2) is 47.6 Å². The zero-order chi connectivity index (χ0) is 24.2. The van der Waals surface area contributed by atoms with Crippen molar-refractivity contribution in [2.45, 2.75) is 45.1 Å². The Hall–Kier alpha value is -3.82. The Morgan fingerprint density at radius 3 is 2.50 bits per heavy atom. The molecule has 2 aromatic rings. The van der Waals surface area contributed by atoms with E-state index in [1.807, 2.05) is 6.92 Å². The summed E-state index contributed by atoms with van der Waals surface area (Å²) in [4.78, 5) is 22.2. The topological polar surface area (TPSA) is 124 Å². The van der Waals surface area contributed by atoms with Gasteiger partial charge < -0.3 is 19.5 Å². The molecule has 1 aliphatic rings. The number of non-ortho nitro benzene ring substituents is 1. The summed E-state index contributed by atoms with van der Waals surface area (Å²) in [6.45, 7) is 2.84. The van der Waals surface area contributed by atoms with Gasteiger partial charge in [0, 0.05) is 18.2 Å². The molecule has 2 amide bonds. The SMILES string of the molecule is CCOc1cc(C=NNC(=O)NC2CCCCC2)ccc1OCCOc1ccc([N+](=O)[O-])cc1. The van der Waals surface area contributed by atoms with Crippen LogP contribution in [0.5, 0.6) is 17.2 Å². The van der Waals surface area contributed by atoms with Crippen molar-refractivity contribution < 1.29 is 23.9 Å². The lowest BCUT2D eigenvalue weighted by molar-refractivity contribution is -0.384. The van der Waals surface area contributed by atoms with Crippen LogP contribution in [0.3, 0.4) is 0 Å². The highest BCUT2D eigenvalue weighted by Crippen LogP contribution is 2.28. The predicted octanol–water partition coefficient (Wildman–Crippen LogP) is 4.42. The minimum Gasteiger partial charge on any atom is -0.490 e. The summed E-state index contributed by atoms with van der Waals surface area (Å²) < 4.78 is 17.0. The molecule has 0 bridgehead atoms. The Kier molecular flexibility index (Phi) is 9.51. The first-order valence-electron chi connectivity index (χ1n) is 11.4. The second-order valence-electron chi connectivity index (χ2n) is 7.77. The molecule has 1 saturated carbocycles. The smallest absolute Gasteiger partial charge is 0.335 e. The Labute approximate surface area is 198 Å². The van der Waals surface area contributed by atoms with Gasteiger partial charge in [0.15, 0.2) is 11.5 Å². The molecule has 0 radical (unpaired) electrons. The quantitative estimate of drug-likeness (QED) is 0.217. The Bertz CT molecular complexity index is 974. The molecule has 0 heterocycles. The van der Waals surface area contributed by atoms with Crippen molar-refractivity contribution in [3.63, 3.8) is 0 Å². The van der Waals surface area contributed by atoms with Crippen molar-refractivity contribution in [1.82, 2.24) is 10.7 Å². The van der Waals surface area contributed by atoms with Crippen LogP contribution in [0, 0.1) is 10.1 Å². The van der Waals surface area contributed by atoms with E-state index in [4.69, 9.17) is 14.2 Å². The van der Waals surface area contributed by atoms with Gasteiger partial charge in [0.1, 0.15) is 19.0 Å². The van der Waals surface area contributed by atoms with Crippen molar-refractivity contribution >= 4 is 17.9 Å². The van der Waals surface area contributed by atoms with E-state index in [1.165, 1.54) is 18.6 Å². The molecule has 1 fully saturated rings. The van der Waals surface area contributed by atoms with Gasteiger partial charge in [0.25, 0.3) is 5.69 Å². The van der Waals surface area contributed by atoms with Gasteiger partial charge in [-0.2, -0.15) is 5.10 Å². The molecule has 0 spiro atoms. The van der Waals surface area contributed by atoms with E-state index in [-0.39, 0.29) is 31.0 Å². The highest BCUT2D eigenvalue weighted by molar-refractivity contribution is 5.82. The molecule has 0 atom stereocenters. The third-order valence-corrected chi connectivity index (χ3v) is 5.24. The predicted molar refractivity (Wildman–Crippen MR) is 128 cm³/mol. The molecule has 10 heteroatoms. The van der Waals surface area contributed by atoms with Crippen LogP contribution in [0.2, 0.25) is 0 Å². The number of carbonyl (C=O) groups excluding carboxylic acids is 1. The third-order valence-electron chi connectivity index (χ3n) is 5.24.